The second kappa shape index (κ2) is 3.41. The molecule has 14 heavy (non-hydrogen) atoms. The van der Waals surface area contributed by atoms with Crippen molar-refractivity contribution >= 4 is 17.1 Å². The molecule has 0 bridgehead atoms. The highest BCUT2D eigenvalue weighted by Crippen LogP contribution is 2.06. The highest BCUT2D eigenvalue weighted by molar-refractivity contribution is 5.89. The molecule has 2 rings (SSSR count). The second-order valence-electron chi connectivity index (χ2n) is 2.57. The van der Waals surface area contributed by atoms with E-state index in [1.807, 2.05) is 0 Å². The predicted molar refractivity (Wildman–Crippen MR) is 47.6 cm³/mol. The van der Waals surface area contributed by atoms with E-state index in [2.05, 4.69) is 19.9 Å². The van der Waals surface area contributed by atoms with Gasteiger partial charge in [-0.3, -0.25) is 0 Å². The van der Waals surface area contributed by atoms with E-state index in [0.717, 1.165) is 0 Å². The molecule has 0 radical (unpaired) electrons. The van der Waals surface area contributed by atoms with Crippen LogP contribution in [0.1, 0.15) is 17.5 Å². The molecule has 0 unspecified atom stereocenters. The van der Waals surface area contributed by atoms with E-state index in [9.17, 15) is 4.79 Å². The number of hydrogen-bond acceptors (Lipinski definition) is 5. The summed E-state index contributed by atoms with van der Waals surface area (Å²) in [6.45, 7) is 2.06. The summed E-state index contributed by atoms with van der Waals surface area (Å²) in [7, 11) is 0. The number of imidazole rings is 1. The van der Waals surface area contributed by atoms with Gasteiger partial charge in [-0.15, -0.1) is 0 Å². The lowest BCUT2D eigenvalue weighted by Gasteiger charge is -1.95. The Labute approximate surface area is 79.4 Å². The molecule has 0 aliphatic carbocycles. The van der Waals surface area contributed by atoms with Crippen LogP contribution in [-0.4, -0.2) is 32.5 Å². The van der Waals surface area contributed by atoms with Gasteiger partial charge in [0.15, 0.2) is 5.65 Å². The Morgan fingerprint density at radius 2 is 2.50 bits per heavy atom. The van der Waals surface area contributed by atoms with Gasteiger partial charge >= 0.3 is 5.97 Å². The first-order valence-electron chi connectivity index (χ1n) is 4.14. The molecular weight excluding hydrogens is 184 g/mol. The lowest BCUT2D eigenvalue weighted by molar-refractivity contribution is 0.0513. The van der Waals surface area contributed by atoms with Gasteiger partial charge in [0, 0.05) is 0 Å². The summed E-state index contributed by atoms with van der Waals surface area (Å²) in [5.41, 5.74) is 1.08. The highest BCUT2D eigenvalue weighted by atomic mass is 16.5. The largest absolute Gasteiger partial charge is 0.460 e. The van der Waals surface area contributed by atoms with Gasteiger partial charge in [-0.1, -0.05) is 0 Å². The Bertz CT molecular complexity index is 432. The van der Waals surface area contributed by atoms with E-state index in [1.165, 1.54) is 6.33 Å². The normalized spacial score (nSPS) is 10.4. The lowest BCUT2D eigenvalue weighted by atomic mass is 10.6. The molecule has 0 fully saturated rings. The third-order valence-electron chi connectivity index (χ3n) is 1.63. The van der Waals surface area contributed by atoms with Crippen LogP contribution < -0.4 is 0 Å². The summed E-state index contributed by atoms with van der Waals surface area (Å²) in [5.74, 6) is -0.326. The van der Waals surface area contributed by atoms with Crippen molar-refractivity contribution in [3.8, 4) is 0 Å². The number of ether oxygens (including phenoxy) is 1. The van der Waals surface area contributed by atoms with Crippen molar-refractivity contribution in [3.63, 3.8) is 0 Å². The van der Waals surface area contributed by atoms with E-state index in [4.69, 9.17) is 4.74 Å². The summed E-state index contributed by atoms with van der Waals surface area (Å²) >= 11 is 0. The first-order chi connectivity index (χ1) is 6.81. The highest BCUT2D eigenvalue weighted by Gasteiger charge is 2.12. The number of hydrogen-bond donors (Lipinski definition) is 1. The van der Waals surface area contributed by atoms with E-state index in [1.54, 1.807) is 13.1 Å². The van der Waals surface area contributed by atoms with Crippen LogP contribution in [-0.2, 0) is 4.74 Å². The van der Waals surface area contributed by atoms with Gasteiger partial charge < -0.3 is 9.72 Å². The molecule has 0 aliphatic heterocycles. The van der Waals surface area contributed by atoms with Crippen LogP contribution in [0.2, 0.25) is 0 Å². The van der Waals surface area contributed by atoms with Gasteiger partial charge in [-0.05, 0) is 6.92 Å². The molecule has 0 amide bonds. The molecule has 0 aromatic carbocycles. The van der Waals surface area contributed by atoms with Crippen LogP contribution in [0.25, 0.3) is 11.2 Å². The van der Waals surface area contributed by atoms with Crippen LogP contribution in [0, 0.1) is 0 Å². The number of rotatable bonds is 2. The molecule has 2 heterocycles. The minimum atomic E-state index is -0.481. The summed E-state index contributed by atoms with van der Waals surface area (Å²) in [4.78, 5) is 25.6. The van der Waals surface area contributed by atoms with Crippen molar-refractivity contribution in [1.82, 2.24) is 19.9 Å². The van der Waals surface area contributed by atoms with Crippen molar-refractivity contribution in [2.75, 3.05) is 6.61 Å². The number of aromatic nitrogens is 4. The third-order valence-corrected chi connectivity index (χ3v) is 1.63. The van der Waals surface area contributed by atoms with Gasteiger partial charge in [-0.2, -0.15) is 0 Å². The van der Waals surface area contributed by atoms with Crippen LogP contribution in [0.5, 0.6) is 0 Å². The first-order valence-corrected chi connectivity index (χ1v) is 4.14. The Hall–Kier alpha value is -1.98. The Balaban J connectivity index is 2.40. The minimum absolute atomic E-state index is 0.155. The average Bonchev–Trinajstić information content (AvgIpc) is 2.61. The van der Waals surface area contributed by atoms with Gasteiger partial charge in [0.1, 0.15) is 11.8 Å². The molecule has 6 heteroatoms. The Morgan fingerprint density at radius 1 is 1.64 bits per heavy atom. The minimum Gasteiger partial charge on any atom is -0.460 e. The number of aromatic amines is 1. The predicted octanol–water partition coefficient (Wildman–Crippen LogP) is 0.530. The van der Waals surface area contributed by atoms with Crippen molar-refractivity contribution in [2.24, 2.45) is 0 Å². The van der Waals surface area contributed by atoms with E-state index in [0.29, 0.717) is 17.8 Å². The quantitative estimate of drug-likeness (QED) is 0.702. The van der Waals surface area contributed by atoms with Crippen LogP contribution in [0.3, 0.4) is 0 Å². The van der Waals surface area contributed by atoms with Gasteiger partial charge in [0.2, 0.25) is 5.82 Å². The molecule has 6 nitrogen and oxygen atoms in total. The molecule has 0 aliphatic rings. The molecule has 2 aromatic rings. The second-order valence-corrected chi connectivity index (χ2v) is 2.57. The molecular formula is C8H8N4O2. The maximum atomic E-state index is 11.3. The summed E-state index contributed by atoms with van der Waals surface area (Å²) in [5, 5.41) is 0. The number of carbonyl (C=O) groups excluding carboxylic acids is 1. The molecule has 0 atom stereocenters. The summed E-state index contributed by atoms with van der Waals surface area (Å²) in [6, 6.07) is 0. The van der Waals surface area contributed by atoms with Gasteiger partial charge in [0.05, 0.1) is 12.8 Å². The molecule has 0 saturated heterocycles. The van der Waals surface area contributed by atoms with Crippen molar-refractivity contribution in [1.29, 1.82) is 0 Å². The fraction of sp³-hybridized carbons (Fsp3) is 0.250. The molecule has 2 aromatic heterocycles. The summed E-state index contributed by atoms with van der Waals surface area (Å²) < 4.78 is 4.78. The zero-order valence-corrected chi connectivity index (χ0v) is 7.52. The monoisotopic (exact) mass is 192 g/mol. The van der Waals surface area contributed by atoms with E-state index < -0.39 is 5.97 Å². The van der Waals surface area contributed by atoms with Gasteiger partial charge in [-0.25, -0.2) is 19.7 Å². The average molecular weight is 192 g/mol. The number of esters is 1. The fourth-order valence-corrected chi connectivity index (χ4v) is 1.06. The zero-order valence-electron chi connectivity index (χ0n) is 7.52. The molecule has 72 valence electrons. The van der Waals surface area contributed by atoms with E-state index in [-0.39, 0.29) is 5.82 Å². The van der Waals surface area contributed by atoms with Crippen molar-refractivity contribution < 1.29 is 9.53 Å². The van der Waals surface area contributed by atoms with Crippen molar-refractivity contribution in [3.05, 3.63) is 18.3 Å². The van der Waals surface area contributed by atoms with Gasteiger partial charge in [0.25, 0.3) is 0 Å². The molecule has 0 spiro atoms. The zero-order chi connectivity index (χ0) is 9.97. The number of carbonyl (C=O) groups is 1. The molecule has 0 saturated carbocycles. The number of H-pyrrole nitrogens is 1. The first kappa shape index (κ1) is 8.61. The lowest BCUT2D eigenvalue weighted by Crippen LogP contribution is -2.06. The Kier molecular flexibility index (Phi) is 2.10. The summed E-state index contributed by atoms with van der Waals surface area (Å²) in [6.07, 6.45) is 2.93. The van der Waals surface area contributed by atoms with Crippen LogP contribution in [0.15, 0.2) is 12.5 Å². The van der Waals surface area contributed by atoms with E-state index >= 15 is 0 Å². The van der Waals surface area contributed by atoms with Crippen molar-refractivity contribution in [2.45, 2.75) is 6.92 Å². The maximum Gasteiger partial charge on any atom is 0.374 e. The maximum absolute atomic E-state index is 11.3. The Morgan fingerprint density at radius 3 is 3.21 bits per heavy atom. The number of nitrogens with one attached hydrogen (secondary N) is 1. The smallest absolute Gasteiger partial charge is 0.374 e. The standard InChI is InChI=1S/C8H8N4O2/c1-2-14-8(13)7-11-5-3-9-4-10-6(5)12-7/h3-4H,2H2,1H3,(H,9,10,11,12). The number of fused-ring (bicyclic) bond motifs is 1. The third kappa shape index (κ3) is 1.41. The SMILES string of the molecule is CCOC(=O)c1nc2ncncc2[nH]1. The number of nitrogens with zero attached hydrogens (tertiary/aromatic N) is 3. The molecule has 1 N–H and O–H groups in total. The van der Waals surface area contributed by atoms with Crippen LogP contribution >= 0.6 is 0 Å². The fourth-order valence-electron chi connectivity index (χ4n) is 1.06. The van der Waals surface area contributed by atoms with Crippen LogP contribution in [0.4, 0.5) is 0 Å². The topological polar surface area (TPSA) is 80.8 Å².